The van der Waals surface area contributed by atoms with E-state index in [1.54, 1.807) is 25.3 Å². The molecule has 0 radical (unpaired) electrons. The van der Waals surface area contributed by atoms with Gasteiger partial charge in [-0.05, 0) is 44.5 Å². The van der Waals surface area contributed by atoms with Crippen molar-refractivity contribution in [2.24, 2.45) is 5.10 Å². The lowest BCUT2D eigenvalue weighted by Crippen LogP contribution is -2.52. The molecule has 1 aliphatic rings. The van der Waals surface area contributed by atoms with E-state index in [2.05, 4.69) is 10.4 Å². The molecule has 1 atom stereocenters. The van der Waals surface area contributed by atoms with Crippen LogP contribution in [0.15, 0.2) is 53.6 Å². The summed E-state index contributed by atoms with van der Waals surface area (Å²) in [5.74, 6) is -0.304. The fourth-order valence-electron chi connectivity index (χ4n) is 3.63. The summed E-state index contributed by atoms with van der Waals surface area (Å²) in [4.78, 5) is 27.8. The number of rotatable bonds is 7. The molecular formula is C25H30Cl2N4O3. The zero-order valence-electron chi connectivity index (χ0n) is 19.8. The number of carbonyl (C=O) groups excluding carboxylic acids is 2. The summed E-state index contributed by atoms with van der Waals surface area (Å²) in [6, 6.07) is 14.1. The van der Waals surface area contributed by atoms with Crippen molar-refractivity contribution >= 4 is 40.9 Å². The summed E-state index contributed by atoms with van der Waals surface area (Å²) in [5.41, 5.74) is 1.94. The number of carbonyl (C=O) groups is 2. The molecule has 2 aromatic carbocycles. The first-order valence-electron chi connectivity index (χ1n) is 11.0. The van der Waals surface area contributed by atoms with Crippen molar-refractivity contribution in [3.8, 4) is 0 Å². The van der Waals surface area contributed by atoms with Crippen LogP contribution in [0.4, 0.5) is 4.79 Å². The second-order valence-electron chi connectivity index (χ2n) is 9.13. The minimum atomic E-state index is -0.444. The number of halogens is 2. The van der Waals surface area contributed by atoms with E-state index in [-0.39, 0.29) is 31.1 Å². The summed E-state index contributed by atoms with van der Waals surface area (Å²) < 4.78 is 5.15. The topological polar surface area (TPSA) is 74.2 Å². The Hall–Kier alpha value is -2.61. The van der Waals surface area contributed by atoms with E-state index < -0.39 is 5.54 Å². The number of hydrogen-bond donors (Lipinski definition) is 1. The van der Waals surface area contributed by atoms with Crippen LogP contribution in [0.5, 0.6) is 0 Å². The summed E-state index contributed by atoms with van der Waals surface area (Å²) in [6.45, 7) is 6.09. The summed E-state index contributed by atoms with van der Waals surface area (Å²) in [5, 5.41) is 10.2. The summed E-state index contributed by atoms with van der Waals surface area (Å²) in [6.07, 6.45) is 0.489. The molecule has 1 aliphatic heterocycles. The van der Waals surface area contributed by atoms with Crippen LogP contribution < -0.4 is 5.32 Å². The average molecular weight is 505 g/mol. The molecule has 0 spiro atoms. The van der Waals surface area contributed by atoms with Gasteiger partial charge in [-0.3, -0.25) is 4.79 Å². The quantitative estimate of drug-likeness (QED) is 0.567. The van der Waals surface area contributed by atoms with Gasteiger partial charge >= 0.3 is 6.03 Å². The lowest BCUT2D eigenvalue weighted by atomic mass is 9.98. The molecule has 0 aromatic heterocycles. The standard InChI is InChI=1S/C25H30Cl2N4O3/c1-25(2,3)28-24(33)30(13-14-34-4)16-23(32)31-22(17-9-11-18(26)12-10-17)15-21(29-31)19-7-5-6-8-20(19)27/h5-12,22H,13-16H2,1-4H3,(H,28,33). The predicted octanol–water partition coefficient (Wildman–Crippen LogP) is 5.13. The second-order valence-corrected chi connectivity index (χ2v) is 9.97. The van der Waals surface area contributed by atoms with E-state index in [0.29, 0.717) is 28.8 Å². The van der Waals surface area contributed by atoms with E-state index >= 15 is 0 Å². The Kier molecular flexibility index (Phi) is 8.57. The summed E-state index contributed by atoms with van der Waals surface area (Å²) >= 11 is 12.5. The van der Waals surface area contributed by atoms with E-state index in [1.807, 2.05) is 51.1 Å². The zero-order valence-corrected chi connectivity index (χ0v) is 21.4. The number of hydrazone groups is 1. The third kappa shape index (κ3) is 6.72. The largest absolute Gasteiger partial charge is 0.383 e. The number of benzene rings is 2. The maximum Gasteiger partial charge on any atom is 0.318 e. The first-order chi connectivity index (χ1) is 16.1. The number of amides is 3. The molecule has 0 saturated heterocycles. The van der Waals surface area contributed by atoms with Crippen LogP contribution in [-0.2, 0) is 9.53 Å². The maximum absolute atomic E-state index is 13.5. The Morgan fingerprint density at radius 1 is 1.15 bits per heavy atom. The van der Waals surface area contributed by atoms with Gasteiger partial charge in [-0.25, -0.2) is 9.80 Å². The number of urea groups is 1. The van der Waals surface area contributed by atoms with E-state index in [9.17, 15) is 9.59 Å². The number of nitrogens with one attached hydrogen (secondary N) is 1. The normalized spacial score (nSPS) is 15.8. The van der Waals surface area contributed by atoms with Gasteiger partial charge in [0.25, 0.3) is 5.91 Å². The number of ether oxygens (including phenoxy) is 1. The Bertz CT molecular complexity index is 1050. The number of hydrogen-bond acceptors (Lipinski definition) is 4. The molecule has 2 aromatic rings. The van der Waals surface area contributed by atoms with Gasteiger partial charge in [0.05, 0.1) is 18.4 Å². The molecule has 34 heavy (non-hydrogen) atoms. The molecule has 0 fully saturated rings. The van der Waals surface area contributed by atoms with Crippen LogP contribution in [0.25, 0.3) is 0 Å². The van der Waals surface area contributed by atoms with Crippen LogP contribution in [0.3, 0.4) is 0 Å². The van der Waals surface area contributed by atoms with Crippen LogP contribution in [0.1, 0.15) is 44.4 Å². The zero-order chi connectivity index (χ0) is 24.9. The number of methoxy groups -OCH3 is 1. The molecule has 182 valence electrons. The minimum Gasteiger partial charge on any atom is -0.383 e. The molecule has 0 aliphatic carbocycles. The molecule has 3 amide bonds. The first-order valence-corrected chi connectivity index (χ1v) is 11.8. The highest BCUT2D eigenvalue weighted by molar-refractivity contribution is 6.34. The van der Waals surface area contributed by atoms with Crippen LogP contribution in [0.2, 0.25) is 10.0 Å². The maximum atomic E-state index is 13.5. The van der Waals surface area contributed by atoms with E-state index in [0.717, 1.165) is 11.1 Å². The Morgan fingerprint density at radius 3 is 2.44 bits per heavy atom. The fourth-order valence-corrected chi connectivity index (χ4v) is 4.00. The van der Waals surface area contributed by atoms with Gasteiger partial charge in [0.1, 0.15) is 6.54 Å². The molecule has 3 rings (SSSR count). The first kappa shape index (κ1) is 26.0. The summed E-state index contributed by atoms with van der Waals surface area (Å²) in [7, 11) is 1.55. The molecule has 9 heteroatoms. The van der Waals surface area contributed by atoms with Crippen molar-refractivity contribution < 1.29 is 14.3 Å². The van der Waals surface area contributed by atoms with Gasteiger partial charge in [-0.1, -0.05) is 53.5 Å². The molecule has 0 bridgehead atoms. The van der Waals surface area contributed by atoms with Gasteiger partial charge in [0, 0.05) is 41.2 Å². The Balaban J connectivity index is 1.90. The lowest BCUT2D eigenvalue weighted by molar-refractivity contribution is -0.133. The second kappa shape index (κ2) is 11.2. The third-order valence-corrected chi connectivity index (χ3v) is 5.85. The molecule has 1 heterocycles. The molecule has 1 N–H and O–H groups in total. The van der Waals surface area contributed by atoms with Gasteiger partial charge in [-0.2, -0.15) is 5.10 Å². The van der Waals surface area contributed by atoms with Gasteiger partial charge in [-0.15, -0.1) is 0 Å². The molecular weight excluding hydrogens is 475 g/mol. The van der Waals surface area contributed by atoms with Gasteiger partial charge < -0.3 is 15.0 Å². The van der Waals surface area contributed by atoms with Crippen LogP contribution in [0, 0.1) is 0 Å². The molecule has 7 nitrogen and oxygen atoms in total. The van der Waals surface area contributed by atoms with E-state index in [4.69, 9.17) is 27.9 Å². The number of nitrogens with zero attached hydrogens (tertiary/aromatic N) is 3. The molecule has 1 unspecified atom stereocenters. The average Bonchev–Trinajstić information content (AvgIpc) is 3.21. The minimum absolute atomic E-state index is 0.144. The van der Waals surface area contributed by atoms with Crippen molar-refractivity contribution in [3.63, 3.8) is 0 Å². The Labute approximate surface area is 210 Å². The van der Waals surface area contributed by atoms with E-state index in [1.165, 1.54) is 9.91 Å². The van der Waals surface area contributed by atoms with Crippen molar-refractivity contribution in [1.82, 2.24) is 15.2 Å². The SMILES string of the molecule is COCCN(CC(=O)N1N=C(c2ccccc2Cl)CC1c1ccc(Cl)cc1)C(=O)NC(C)(C)C. The van der Waals surface area contributed by atoms with Crippen molar-refractivity contribution in [2.75, 3.05) is 26.8 Å². The third-order valence-electron chi connectivity index (χ3n) is 5.27. The van der Waals surface area contributed by atoms with Crippen molar-refractivity contribution in [2.45, 2.75) is 38.8 Å². The Morgan fingerprint density at radius 2 is 1.82 bits per heavy atom. The van der Waals surface area contributed by atoms with Crippen molar-refractivity contribution in [1.29, 1.82) is 0 Å². The monoisotopic (exact) mass is 504 g/mol. The van der Waals surface area contributed by atoms with Gasteiger partial charge in [0.2, 0.25) is 0 Å². The highest BCUT2D eigenvalue weighted by atomic mass is 35.5. The van der Waals surface area contributed by atoms with Crippen LogP contribution in [-0.4, -0.2) is 59.9 Å². The van der Waals surface area contributed by atoms with Crippen molar-refractivity contribution in [3.05, 3.63) is 69.7 Å². The smallest absolute Gasteiger partial charge is 0.318 e. The highest BCUT2D eigenvalue weighted by Crippen LogP contribution is 2.35. The highest BCUT2D eigenvalue weighted by Gasteiger charge is 2.35. The molecule has 0 saturated carbocycles. The van der Waals surface area contributed by atoms with Gasteiger partial charge in [0.15, 0.2) is 0 Å². The van der Waals surface area contributed by atoms with Crippen LogP contribution >= 0.6 is 23.2 Å². The lowest BCUT2D eigenvalue weighted by Gasteiger charge is -2.30. The predicted molar refractivity (Wildman–Crippen MR) is 135 cm³/mol. The fraction of sp³-hybridized carbons (Fsp3) is 0.400.